The lowest BCUT2D eigenvalue weighted by Gasteiger charge is -2.32. The van der Waals surface area contributed by atoms with E-state index in [1.807, 2.05) is 65.6 Å². The van der Waals surface area contributed by atoms with Crippen LogP contribution in [0.5, 0.6) is 0 Å². The maximum Gasteiger partial charge on any atom is 0.410 e. The van der Waals surface area contributed by atoms with Crippen LogP contribution in [0.4, 0.5) is 14.4 Å². The van der Waals surface area contributed by atoms with Crippen molar-refractivity contribution < 1.29 is 23.9 Å². The molecule has 4 saturated heterocycles. The SMILES string of the molecule is C1CNCC2(C1)CC2.C=C1CCCN(C(=O)OCc2ccccc2)C1.O=C(Cl)N1CCCC2(CC2)C1.O=C(OCc1ccccc1)N1CCCC2(CC2)C1. The van der Waals surface area contributed by atoms with Crippen LogP contribution in [0.15, 0.2) is 72.8 Å². The maximum absolute atomic E-state index is 12.0. The predicted molar refractivity (Wildman–Crippen MR) is 213 cm³/mol. The molecule has 9 nitrogen and oxygen atoms in total. The molecule has 3 aliphatic carbocycles. The second kappa shape index (κ2) is 18.9. The number of likely N-dealkylation sites (tertiary alicyclic amines) is 3. The molecule has 294 valence electrons. The van der Waals surface area contributed by atoms with Crippen molar-refractivity contribution in [3.8, 4) is 0 Å². The maximum atomic E-state index is 12.0. The number of rotatable bonds is 4. The summed E-state index contributed by atoms with van der Waals surface area (Å²) in [5, 5.41) is 3.17. The van der Waals surface area contributed by atoms with Crippen molar-refractivity contribution >= 4 is 29.2 Å². The number of nitrogens with zero attached hydrogens (tertiary/aromatic N) is 3. The molecule has 7 fully saturated rings. The Bertz CT molecular complexity index is 1530. The summed E-state index contributed by atoms with van der Waals surface area (Å²) in [5.74, 6) is 0. The first-order valence-electron chi connectivity index (χ1n) is 20.4. The van der Waals surface area contributed by atoms with Crippen molar-refractivity contribution in [1.29, 1.82) is 0 Å². The van der Waals surface area contributed by atoms with Crippen molar-refractivity contribution in [3.63, 3.8) is 0 Å². The van der Waals surface area contributed by atoms with Crippen LogP contribution in [0.25, 0.3) is 0 Å². The van der Waals surface area contributed by atoms with Crippen LogP contribution >= 0.6 is 11.6 Å². The van der Waals surface area contributed by atoms with E-state index in [2.05, 4.69) is 11.9 Å². The fourth-order valence-electron chi connectivity index (χ4n) is 8.25. The quantitative estimate of drug-likeness (QED) is 0.190. The van der Waals surface area contributed by atoms with E-state index in [0.717, 1.165) is 80.5 Å². The molecule has 2 aromatic rings. The van der Waals surface area contributed by atoms with Crippen molar-refractivity contribution in [3.05, 3.63) is 83.9 Å². The Labute approximate surface area is 327 Å². The van der Waals surface area contributed by atoms with Gasteiger partial charge in [0.15, 0.2) is 0 Å². The first-order chi connectivity index (χ1) is 26.2. The van der Waals surface area contributed by atoms with Gasteiger partial charge in [0.2, 0.25) is 0 Å². The Balaban J connectivity index is 0.000000128. The van der Waals surface area contributed by atoms with Gasteiger partial charge in [0.1, 0.15) is 13.2 Å². The minimum absolute atomic E-state index is 0.148. The van der Waals surface area contributed by atoms with Crippen molar-refractivity contribution in [2.75, 3.05) is 52.4 Å². The van der Waals surface area contributed by atoms with Crippen LogP contribution in [0.2, 0.25) is 0 Å². The number of halogens is 1. The molecule has 0 aromatic heterocycles. The molecule has 4 aliphatic heterocycles. The summed E-state index contributed by atoms with van der Waals surface area (Å²) < 4.78 is 10.6. The summed E-state index contributed by atoms with van der Waals surface area (Å²) in [6.45, 7) is 12.1. The van der Waals surface area contributed by atoms with Gasteiger partial charge >= 0.3 is 17.6 Å². The van der Waals surface area contributed by atoms with Crippen LogP contribution in [-0.4, -0.2) is 84.6 Å². The molecule has 3 spiro atoms. The smallest absolute Gasteiger partial charge is 0.410 e. The number of nitrogens with one attached hydrogen (secondary N) is 1. The van der Waals surface area contributed by atoms with E-state index in [1.165, 1.54) is 77.3 Å². The van der Waals surface area contributed by atoms with E-state index in [1.54, 1.807) is 9.80 Å². The van der Waals surface area contributed by atoms with Crippen LogP contribution in [0.1, 0.15) is 101 Å². The first-order valence-corrected chi connectivity index (χ1v) is 20.8. The minimum atomic E-state index is -0.268. The Morgan fingerprint density at radius 1 is 0.630 bits per heavy atom. The van der Waals surface area contributed by atoms with Crippen molar-refractivity contribution in [1.82, 2.24) is 20.0 Å². The molecule has 54 heavy (non-hydrogen) atoms. The lowest BCUT2D eigenvalue weighted by Crippen LogP contribution is -2.41. The van der Waals surface area contributed by atoms with E-state index < -0.39 is 0 Å². The number of carbonyl (C=O) groups excluding carboxylic acids is 3. The summed E-state index contributed by atoms with van der Waals surface area (Å²) in [7, 11) is 0. The molecular formula is C44H61ClN4O5. The molecule has 3 amide bonds. The zero-order valence-electron chi connectivity index (χ0n) is 32.2. The molecule has 3 saturated carbocycles. The van der Waals surface area contributed by atoms with E-state index >= 15 is 0 Å². The lowest BCUT2D eigenvalue weighted by molar-refractivity contribution is 0.0755. The highest BCUT2D eigenvalue weighted by Crippen LogP contribution is 2.53. The van der Waals surface area contributed by atoms with E-state index in [4.69, 9.17) is 21.1 Å². The van der Waals surface area contributed by atoms with E-state index in [-0.39, 0.29) is 17.6 Å². The topological polar surface area (TPSA) is 91.4 Å². The summed E-state index contributed by atoms with van der Waals surface area (Å²) in [6, 6.07) is 19.6. The Kier molecular flexibility index (Phi) is 14.0. The first kappa shape index (κ1) is 40.1. The van der Waals surface area contributed by atoms with Gasteiger partial charge < -0.3 is 29.5 Å². The summed E-state index contributed by atoms with van der Waals surface area (Å²) in [5.41, 5.74) is 4.94. The molecule has 0 radical (unpaired) electrons. The van der Waals surface area contributed by atoms with Crippen LogP contribution in [0, 0.1) is 16.2 Å². The third kappa shape index (κ3) is 12.5. The van der Waals surface area contributed by atoms with E-state index in [0.29, 0.717) is 30.6 Å². The van der Waals surface area contributed by atoms with Crippen LogP contribution in [-0.2, 0) is 22.7 Å². The summed E-state index contributed by atoms with van der Waals surface area (Å²) in [6.07, 6.45) is 17.6. The summed E-state index contributed by atoms with van der Waals surface area (Å²) in [4.78, 5) is 40.0. The molecule has 0 bridgehead atoms. The number of hydrogen-bond acceptors (Lipinski definition) is 6. The van der Waals surface area contributed by atoms with Crippen molar-refractivity contribution in [2.24, 2.45) is 16.2 Å². The average Bonchev–Trinajstić information content (AvgIpc) is 4.17. The predicted octanol–water partition coefficient (Wildman–Crippen LogP) is 9.55. The standard InChI is InChI=1S/C15H19NO2.C14H17NO2.C8H12ClNO.C7H13N/c17-14(18-11-13-5-2-1-3-6-13)16-10-4-7-15(12-16)8-9-15;1-12-6-5-9-15(10-12)14(16)17-11-13-7-3-2-4-8-13;9-7(11)10-5-1-2-8(6-10)3-4-8;1-2-7(3-4-7)6-8-5-1/h1-3,5-6H,4,7-12H2;2-4,7-8H,1,5-6,9-11H2;1-6H2;8H,1-6H2. The molecule has 0 unspecified atom stereocenters. The molecule has 7 aliphatic rings. The Morgan fingerprint density at radius 3 is 1.57 bits per heavy atom. The number of benzene rings is 2. The third-order valence-electron chi connectivity index (χ3n) is 12.3. The Morgan fingerprint density at radius 2 is 1.11 bits per heavy atom. The molecule has 1 N–H and O–H groups in total. The minimum Gasteiger partial charge on any atom is -0.445 e. The number of amides is 3. The van der Waals surface area contributed by atoms with Gasteiger partial charge in [-0.05, 0) is 135 Å². The van der Waals surface area contributed by atoms with Gasteiger partial charge in [0.25, 0.3) is 0 Å². The molecule has 10 heteroatoms. The van der Waals surface area contributed by atoms with Crippen LogP contribution in [0.3, 0.4) is 0 Å². The van der Waals surface area contributed by atoms with E-state index in [9.17, 15) is 14.4 Å². The van der Waals surface area contributed by atoms with Gasteiger partial charge in [0, 0.05) is 45.8 Å². The fraction of sp³-hybridized carbons (Fsp3) is 0.614. The largest absolute Gasteiger partial charge is 0.445 e. The molecular weight excluding hydrogens is 700 g/mol. The lowest BCUT2D eigenvalue weighted by atomic mass is 9.95. The van der Waals surface area contributed by atoms with Gasteiger partial charge in [-0.25, -0.2) is 9.59 Å². The van der Waals surface area contributed by atoms with Gasteiger partial charge in [-0.3, -0.25) is 4.79 Å². The highest BCUT2D eigenvalue weighted by molar-refractivity contribution is 6.62. The molecule has 2 aromatic carbocycles. The normalized spacial score (nSPS) is 22.3. The zero-order chi connectivity index (χ0) is 37.9. The van der Waals surface area contributed by atoms with Gasteiger partial charge in [-0.15, -0.1) is 0 Å². The zero-order valence-corrected chi connectivity index (χ0v) is 33.0. The van der Waals surface area contributed by atoms with Crippen molar-refractivity contribution in [2.45, 2.75) is 103 Å². The monoisotopic (exact) mass is 760 g/mol. The Hall–Kier alpha value is -3.56. The highest BCUT2D eigenvalue weighted by atomic mass is 35.5. The van der Waals surface area contributed by atoms with Gasteiger partial charge in [-0.1, -0.05) is 72.8 Å². The number of piperidine rings is 4. The van der Waals surface area contributed by atoms with Crippen LogP contribution < -0.4 is 5.32 Å². The third-order valence-corrected chi connectivity index (χ3v) is 12.5. The van der Waals surface area contributed by atoms with Gasteiger partial charge in [-0.2, -0.15) is 0 Å². The second-order valence-corrected chi connectivity index (χ2v) is 17.3. The number of hydrogen-bond donors (Lipinski definition) is 1. The number of carbonyl (C=O) groups is 3. The second-order valence-electron chi connectivity index (χ2n) is 16.9. The summed E-state index contributed by atoms with van der Waals surface area (Å²) >= 11 is 5.40. The fourth-order valence-corrected chi connectivity index (χ4v) is 8.39. The molecule has 0 atom stereocenters. The number of ether oxygens (including phenoxy) is 2. The average molecular weight is 761 g/mol. The molecule has 9 rings (SSSR count). The molecule has 4 heterocycles. The highest BCUT2D eigenvalue weighted by Gasteiger charge is 2.47. The van der Waals surface area contributed by atoms with Gasteiger partial charge in [0.05, 0.1) is 0 Å².